The van der Waals surface area contributed by atoms with Gasteiger partial charge in [0.1, 0.15) is 0 Å². The molecule has 13 aromatic rings. The van der Waals surface area contributed by atoms with Gasteiger partial charge in [0.05, 0.1) is 45.5 Å². The maximum Gasteiger partial charge on any atom is 0.210 e. The van der Waals surface area contributed by atoms with Crippen LogP contribution in [0.25, 0.3) is 126 Å². The van der Waals surface area contributed by atoms with Crippen LogP contribution in [0.3, 0.4) is 0 Å². The molecule has 62 heavy (non-hydrogen) atoms. The topological polar surface area (TPSA) is 40.0 Å². The van der Waals surface area contributed by atoms with Gasteiger partial charge >= 0.3 is 0 Å². The zero-order chi connectivity index (χ0) is 40.9. The molecular weight excluding hydrogens is 755 g/mol. The second-order valence-electron chi connectivity index (χ2n) is 16.1. The maximum atomic E-state index is 8.38. The summed E-state index contributed by atoms with van der Waals surface area (Å²) in [6, 6.07) is 70.8. The monoisotopic (exact) mass is 787 g/mol. The summed E-state index contributed by atoms with van der Waals surface area (Å²) in [5, 5.41) is 12.7. The van der Waals surface area contributed by atoms with Crippen molar-refractivity contribution in [3.05, 3.63) is 212 Å². The fraction of sp³-hybridized carbons (Fsp3) is 0. The van der Waals surface area contributed by atoms with Crippen LogP contribution in [-0.2, 0) is 0 Å². The summed E-state index contributed by atoms with van der Waals surface area (Å²) in [5.74, 6) is 0.606. The van der Waals surface area contributed by atoms with Gasteiger partial charge in [-0.2, -0.15) is 0 Å². The Hall–Kier alpha value is -8.59. The van der Waals surface area contributed by atoms with Gasteiger partial charge in [0.15, 0.2) is 5.82 Å². The number of para-hydroxylation sites is 3. The van der Waals surface area contributed by atoms with Crippen molar-refractivity contribution in [2.45, 2.75) is 0 Å². The Balaban J connectivity index is 1.02. The minimum absolute atomic E-state index is 0.560. The summed E-state index contributed by atoms with van der Waals surface area (Å²) in [7, 11) is 0. The highest BCUT2D eigenvalue weighted by Gasteiger charge is 2.21. The summed E-state index contributed by atoms with van der Waals surface area (Å²) in [4.78, 5) is 14.7. The smallest absolute Gasteiger partial charge is 0.210 e. The van der Waals surface area contributed by atoms with Crippen molar-refractivity contribution in [2.24, 2.45) is 0 Å². The van der Waals surface area contributed by atoms with Crippen LogP contribution in [0.4, 0.5) is 5.69 Å². The molecule has 0 aliphatic rings. The van der Waals surface area contributed by atoms with E-state index >= 15 is 0 Å². The van der Waals surface area contributed by atoms with Crippen molar-refractivity contribution in [1.82, 2.24) is 19.1 Å². The molecule has 0 bridgehead atoms. The molecule has 0 radical (unpaired) electrons. The summed E-state index contributed by atoms with van der Waals surface area (Å²) < 4.78 is 4.63. The van der Waals surface area contributed by atoms with E-state index in [1.165, 1.54) is 43.4 Å². The van der Waals surface area contributed by atoms with E-state index in [0.29, 0.717) is 11.5 Å². The second kappa shape index (κ2) is 13.2. The first-order chi connectivity index (χ1) is 30.7. The second-order valence-corrected chi connectivity index (χ2v) is 16.1. The van der Waals surface area contributed by atoms with Gasteiger partial charge in [0.2, 0.25) is 5.69 Å². The van der Waals surface area contributed by atoms with Gasteiger partial charge < -0.3 is 9.13 Å². The zero-order valence-corrected chi connectivity index (χ0v) is 33.3. The molecule has 0 spiro atoms. The molecule has 0 atom stereocenters. The number of aromatic nitrogens is 4. The minimum atomic E-state index is 0.560. The average molecular weight is 788 g/mol. The van der Waals surface area contributed by atoms with Crippen LogP contribution in [0.1, 0.15) is 0 Å². The van der Waals surface area contributed by atoms with Gasteiger partial charge in [-0.05, 0) is 99.0 Å². The fourth-order valence-electron chi connectivity index (χ4n) is 9.81. The molecule has 10 aromatic carbocycles. The first kappa shape index (κ1) is 34.3. The number of rotatable bonds is 4. The Morgan fingerprint density at radius 2 is 1.03 bits per heavy atom. The molecule has 5 nitrogen and oxygen atoms in total. The van der Waals surface area contributed by atoms with Crippen molar-refractivity contribution >= 4 is 92.5 Å². The summed E-state index contributed by atoms with van der Waals surface area (Å²) in [6.07, 6.45) is 0. The molecule has 3 heterocycles. The standard InChI is InChI=1S/C57H33N5/c1-58-49-27-25-40(34-54(49)62-51-28-26-35-13-7-8-18-43(35)55(51)47-30-36-14-5-6-15-37(36)32-53(47)62)57-59-48-21-11-9-20-45(48)56(60-57)39-24-23-38-33-52-46(31-41(38)29-39)44-19-10-12-22-50(44)61(52)42-16-3-2-4-17-42/h2-34H. The Morgan fingerprint density at radius 1 is 0.387 bits per heavy atom. The normalized spacial score (nSPS) is 11.9. The lowest BCUT2D eigenvalue weighted by Crippen LogP contribution is -1.98. The number of benzene rings is 10. The molecule has 0 aliphatic carbocycles. The van der Waals surface area contributed by atoms with Crippen LogP contribution in [0.2, 0.25) is 0 Å². The summed E-state index contributed by atoms with van der Waals surface area (Å²) in [6.45, 7) is 8.38. The van der Waals surface area contributed by atoms with Gasteiger partial charge in [-0.15, -0.1) is 0 Å². The molecule has 0 aliphatic heterocycles. The molecule has 286 valence electrons. The number of fused-ring (bicyclic) bond motifs is 11. The molecule has 0 unspecified atom stereocenters. The SMILES string of the molecule is [C-]#[N+]c1ccc(-c2nc(-c3ccc4cc5c(cc4c3)c3ccccc3n5-c3ccccc3)c3ccccc3n2)cc1-n1c2cc3ccccc3cc2c2c3ccccc3ccc21. The zero-order valence-electron chi connectivity index (χ0n) is 33.3. The number of nitrogens with zero attached hydrogens (tertiary/aromatic N) is 5. The van der Waals surface area contributed by atoms with Crippen LogP contribution in [0, 0.1) is 6.57 Å². The van der Waals surface area contributed by atoms with Crippen LogP contribution < -0.4 is 0 Å². The third kappa shape index (κ3) is 5.08. The molecule has 5 heteroatoms. The molecule has 3 aromatic heterocycles. The molecule has 0 fully saturated rings. The molecule has 0 N–H and O–H groups in total. The molecule has 0 amide bonds. The predicted molar refractivity (Wildman–Crippen MR) is 258 cm³/mol. The third-order valence-corrected chi connectivity index (χ3v) is 12.6. The van der Waals surface area contributed by atoms with Crippen LogP contribution in [0.15, 0.2) is 200 Å². The van der Waals surface area contributed by atoms with E-state index in [1.54, 1.807) is 0 Å². The summed E-state index contributed by atoms with van der Waals surface area (Å²) >= 11 is 0. The lowest BCUT2D eigenvalue weighted by Gasteiger charge is -2.14. The van der Waals surface area contributed by atoms with Crippen LogP contribution in [-0.4, -0.2) is 19.1 Å². The van der Waals surface area contributed by atoms with E-state index in [-0.39, 0.29) is 0 Å². The Kier molecular flexibility index (Phi) is 7.30. The Labute approximate surface area is 355 Å². The lowest BCUT2D eigenvalue weighted by molar-refractivity contribution is 1.18. The first-order valence-corrected chi connectivity index (χ1v) is 20.8. The predicted octanol–water partition coefficient (Wildman–Crippen LogP) is 15.2. The van der Waals surface area contributed by atoms with E-state index < -0.39 is 0 Å². The van der Waals surface area contributed by atoms with Crippen LogP contribution >= 0.6 is 0 Å². The van der Waals surface area contributed by atoms with Gasteiger partial charge in [-0.25, -0.2) is 14.8 Å². The lowest BCUT2D eigenvalue weighted by atomic mass is 10.00. The quantitative estimate of drug-likeness (QED) is 0.167. The van der Waals surface area contributed by atoms with Crippen molar-refractivity contribution in [3.63, 3.8) is 0 Å². The van der Waals surface area contributed by atoms with Crippen molar-refractivity contribution in [1.29, 1.82) is 0 Å². The van der Waals surface area contributed by atoms with Crippen molar-refractivity contribution < 1.29 is 0 Å². The highest BCUT2D eigenvalue weighted by molar-refractivity contribution is 6.23. The van der Waals surface area contributed by atoms with E-state index in [2.05, 4.69) is 196 Å². The molecule has 0 saturated carbocycles. The molecular formula is C57H33N5. The average Bonchev–Trinajstić information content (AvgIpc) is 3.83. The Bertz CT molecular complexity index is 4060. The van der Waals surface area contributed by atoms with Crippen molar-refractivity contribution in [2.75, 3.05) is 0 Å². The van der Waals surface area contributed by atoms with Crippen molar-refractivity contribution in [3.8, 4) is 34.0 Å². The summed E-state index contributed by atoms with van der Waals surface area (Å²) in [5.41, 5.74) is 10.5. The highest BCUT2D eigenvalue weighted by atomic mass is 15.0. The van der Waals surface area contributed by atoms with E-state index in [4.69, 9.17) is 16.5 Å². The minimum Gasteiger partial charge on any atom is -0.319 e. The van der Waals surface area contributed by atoms with Crippen LogP contribution in [0.5, 0.6) is 0 Å². The Morgan fingerprint density at radius 3 is 1.87 bits per heavy atom. The largest absolute Gasteiger partial charge is 0.319 e. The van der Waals surface area contributed by atoms with E-state index in [9.17, 15) is 0 Å². The van der Waals surface area contributed by atoms with E-state index in [0.717, 1.165) is 71.7 Å². The molecule has 13 rings (SSSR count). The van der Waals surface area contributed by atoms with Gasteiger partial charge in [-0.3, -0.25) is 0 Å². The maximum absolute atomic E-state index is 8.38. The fourth-order valence-corrected chi connectivity index (χ4v) is 9.81. The number of hydrogen-bond donors (Lipinski definition) is 0. The molecule has 0 saturated heterocycles. The first-order valence-electron chi connectivity index (χ1n) is 20.8. The van der Waals surface area contributed by atoms with Gasteiger partial charge in [0, 0.05) is 43.7 Å². The van der Waals surface area contributed by atoms with Gasteiger partial charge in [0.25, 0.3) is 0 Å². The van der Waals surface area contributed by atoms with Gasteiger partial charge in [-0.1, -0.05) is 133 Å². The third-order valence-electron chi connectivity index (χ3n) is 12.6. The van der Waals surface area contributed by atoms with E-state index in [1.807, 2.05) is 18.2 Å². The highest BCUT2D eigenvalue weighted by Crippen LogP contribution is 2.42. The number of hydrogen-bond acceptors (Lipinski definition) is 2.